The van der Waals surface area contributed by atoms with Crippen molar-refractivity contribution < 1.29 is 24.5 Å². The van der Waals surface area contributed by atoms with Crippen molar-refractivity contribution in [2.24, 2.45) is 0 Å². The monoisotopic (exact) mass is 449 g/mol. The Bertz CT molecular complexity index is 1190. The Labute approximate surface area is 191 Å². The van der Waals surface area contributed by atoms with Crippen LogP contribution in [-0.4, -0.2) is 21.2 Å². The first kappa shape index (κ1) is 21.6. The molecular weight excluding hydrogens is 426 g/mol. The fourth-order valence-corrected chi connectivity index (χ4v) is 4.20. The Hall–Kier alpha value is -3.58. The lowest BCUT2D eigenvalue weighted by atomic mass is 9.77. The summed E-state index contributed by atoms with van der Waals surface area (Å²) in [6, 6.07) is 14.8. The van der Waals surface area contributed by atoms with E-state index in [9.17, 15) is 15.0 Å². The molecule has 6 nitrogen and oxygen atoms in total. The number of ether oxygens (including phenoxy) is 2. The van der Waals surface area contributed by atoms with Gasteiger partial charge in [-0.15, -0.1) is 0 Å². The van der Waals surface area contributed by atoms with Crippen molar-refractivity contribution >= 4 is 28.9 Å². The summed E-state index contributed by atoms with van der Waals surface area (Å²) in [6.07, 6.45) is 0.636. The largest absolute Gasteiger partial charge is 0.508 e. The maximum Gasteiger partial charge on any atom is 0.342 e. The number of benzene rings is 3. The van der Waals surface area contributed by atoms with Crippen molar-refractivity contribution in [2.75, 3.05) is 5.32 Å². The van der Waals surface area contributed by atoms with Gasteiger partial charge in [-0.25, -0.2) is 4.79 Å². The van der Waals surface area contributed by atoms with Gasteiger partial charge in [0.25, 0.3) is 0 Å². The number of phenolic OH excluding ortho intramolecular Hbond substituents is 2. The van der Waals surface area contributed by atoms with Crippen molar-refractivity contribution in [1.29, 1.82) is 0 Å². The molecule has 0 atom stereocenters. The number of nitrogens with one attached hydrogen (secondary N) is 1. The molecule has 0 fully saturated rings. The lowest BCUT2D eigenvalue weighted by Gasteiger charge is -2.36. The molecule has 0 unspecified atom stereocenters. The molecule has 0 aromatic heterocycles. The molecule has 5 rings (SSSR count). The standard InChI is InChI=1S/C23H17NO5S.C2H6/c1-2-20(30)24-17-5-3-4-16-21(17)22(27)29-23(16)14-8-6-12(25)10-18(14)28-19-11-13(26)7-9-15(19)23;1-2/h3-11,25-26H,2H2,1H3,(H,24,30);1-2H3. The number of rotatable bonds is 2. The van der Waals surface area contributed by atoms with Gasteiger partial charge in [0.2, 0.25) is 0 Å². The minimum atomic E-state index is -1.28. The van der Waals surface area contributed by atoms with Gasteiger partial charge in [-0.3, -0.25) is 0 Å². The quantitative estimate of drug-likeness (QED) is 0.334. The first-order chi connectivity index (χ1) is 15.4. The van der Waals surface area contributed by atoms with Gasteiger partial charge in [-0.2, -0.15) is 0 Å². The van der Waals surface area contributed by atoms with Crippen LogP contribution < -0.4 is 10.1 Å². The fourth-order valence-electron chi connectivity index (χ4n) is 4.09. The highest BCUT2D eigenvalue weighted by molar-refractivity contribution is 7.80. The van der Waals surface area contributed by atoms with Gasteiger partial charge in [0.1, 0.15) is 23.0 Å². The first-order valence-corrected chi connectivity index (χ1v) is 10.9. The lowest BCUT2D eigenvalue weighted by molar-refractivity contribution is 0.0224. The Kier molecular flexibility index (Phi) is 5.52. The Morgan fingerprint density at radius 1 is 0.969 bits per heavy atom. The number of aromatic hydroxyl groups is 2. The lowest BCUT2D eigenvalue weighted by Crippen LogP contribution is -2.32. The zero-order chi connectivity index (χ0) is 23.0. The SMILES string of the molecule is CC.CCC(=S)Nc1cccc2c1C(=O)OC21c2ccc(O)cc2Oc2cc(O)ccc21. The molecule has 0 amide bonds. The number of hydrogen-bond acceptors (Lipinski definition) is 6. The van der Waals surface area contributed by atoms with E-state index in [-0.39, 0.29) is 11.5 Å². The van der Waals surface area contributed by atoms with Crippen LogP contribution in [0.1, 0.15) is 54.2 Å². The zero-order valence-electron chi connectivity index (χ0n) is 17.9. The summed E-state index contributed by atoms with van der Waals surface area (Å²) >= 11 is 5.31. The summed E-state index contributed by atoms with van der Waals surface area (Å²) in [5.74, 6) is 0.223. The highest BCUT2D eigenvalue weighted by atomic mass is 32.1. The topological polar surface area (TPSA) is 88.0 Å². The number of phenols is 2. The molecule has 0 saturated heterocycles. The van der Waals surface area contributed by atoms with Crippen LogP contribution in [0.4, 0.5) is 5.69 Å². The molecule has 2 heterocycles. The summed E-state index contributed by atoms with van der Waals surface area (Å²) < 4.78 is 12.0. The normalized spacial score (nSPS) is 14.2. The molecule has 0 aliphatic carbocycles. The van der Waals surface area contributed by atoms with E-state index in [1.165, 1.54) is 24.3 Å². The zero-order valence-corrected chi connectivity index (χ0v) is 18.7. The average Bonchev–Trinajstić information content (AvgIpc) is 3.08. The molecule has 3 aromatic rings. The van der Waals surface area contributed by atoms with E-state index >= 15 is 0 Å². The van der Waals surface area contributed by atoms with E-state index in [0.29, 0.717) is 50.8 Å². The second-order valence-electron chi connectivity index (χ2n) is 7.16. The Morgan fingerprint density at radius 3 is 2.12 bits per heavy atom. The Balaban J connectivity index is 0.00000119. The maximum absolute atomic E-state index is 13.1. The molecule has 0 bridgehead atoms. The van der Waals surface area contributed by atoms with Gasteiger partial charge < -0.3 is 25.0 Å². The van der Waals surface area contributed by atoms with Crippen LogP contribution in [0.3, 0.4) is 0 Å². The second kappa shape index (κ2) is 8.16. The molecule has 2 aliphatic heterocycles. The van der Waals surface area contributed by atoms with Crippen LogP contribution in [0.2, 0.25) is 0 Å². The van der Waals surface area contributed by atoms with Gasteiger partial charge in [0, 0.05) is 28.8 Å². The third-order valence-corrected chi connectivity index (χ3v) is 5.79. The van der Waals surface area contributed by atoms with E-state index in [1.807, 2.05) is 32.9 Å². The molecule has 3 aromatic carbocycles. The summed E-state index contributed by atoms with van der Waals surface area (Å²) in [6.45, 7) is 5.93. The molecule has 32 heavy (non-hydrogen) atoms. The summed E-state index contributed by atoms with van der Waals surface area (Å²) in [4.78, 5) is 13.7. The third kappa shape index (κ3) is 3.17. The number of hydrogen-bond donors (Lipinski definition) is 3. The van der Waals surface area contributed by atoms with Crippen molar-refractivity contribution in [3.05, 3.63) is 76.9 Å². The molecule has 164 valence electrons. The smallest absolute Gasteiger partial charge is 0.342 e. The Morgan fingerprint density at radius 2 is 1.56 bits per heavy atom. The molecular formula is C25H23NO5S. The predicted molar refractivity (Wildman–Crippen MR) is 126 cm³/mol. The van der Waals surface area contributed by atoms with Crippen molar-refractivity contribution in [3.8, 4) is 23.0 Å². The molecule has 1 spiro atoms. The van der Waals surface area contributed by atoms with Crippen LogP contribution in [-0.2, 0) is 10.3 Å². The maximum atomic E-state index is 13.1. The molecule has 3 N–H and O–H groups in total. The summed E-state index contributed by atoms with van der Waals surface area (Å²) in [5, 5.41) is 23.1. The highest BCUT2D eigenvalue weighted by Crippen LogP contribution is 2.57. The number of anilines is 1. The van der Waals surface area contributed by atoms with Crippen LogP contribution in [0.5, 0.6) is 23.0 Å². The number of fused-ring (bicyclic) bond motifs is 6. The van der Waals surface area contributed by atoms with Gasteiger partial charge in [-0.05, 0) is 36.8 Å². The average molecular weight is 450 g/mol. The van der Waals surface area contributed by atoms with Crippen LogP contribution in [0.25, 0.3) is 0 Å². The molecule has 0 saturated carbocycles. The van der Waals surface area contributed by atoms with E-state index < -0.39 is 11.6 Å². The predicted octanol–water partition coefficient (Wildman–Crippen LogP) is 5.84. The van der Waals surface area contributed by atoms with Crippen LogP contribution in [0.15, 0.2) is 54.6 Å². The van der Waals surface area contributed by atoms with Crippen molar-refractivity contribution in [2.45, 2.75) is 32.8 Å². The molecule has 7 heteroatoms. The van der Waals surface area contributed by atoms with E-state index in [4.69, 9.17) is 21.7 Å². The van der Waals surface area contributed by atoms with E-state index in [0.717, 1.165) is 0 Å². The van der Waals surface area contributed by atoms with Crippen molar-refractivity contribution in [3.63, 3.8) is 0 Å². The van der Waals surface area contributed by atoms with Gasteiger partial charge in [0.15, 0.2) is 5.60 Å². The third-order valence-electron chi connectivity index (χ3n) is 5.40. The van der Waals surface area contributed by atoms with Crippen LogP contribution in [0, 0.1) is 0 Å². The van der Waals surface area contributed by atoms with E-state index in [1.54, 1.807) is 18.2 Å². The van der Waals surface area contributed by atoms with Crippen molar-refractivity contribution in [1.82, 2.24) is 0 Å². The second-order valence-corrected chi connectivity index (χ2v) is 7.66. The van der Waals surface area contributed by atoms with Gasteiger partial charge in [-0.1, -0.05) is 45.1 Å². The summed E-state index contributed by atoms with van der Waals surface area (Å²) in [5.41, 5.74) is 1.50. The molecule has 0 radical (unpaired) electrons. The number of carbonyl (C=O) groups excluding carboxylic acids is 1. The number of carbonyl (C=O) groups is 1. The minimum absolute atomic E-state index is 0.0146. The van der Waals surface area contributed by atoms with Crippen LogP contribution >= 0.6 is 12.2 Å². The number of esters is 1. The fraction of sp³-hybridized carbons (Fsp3) is 0.200. The van der Waals surface area contributed by atoms with E-state index in [2.05, 4.69) is 5.32 Å². The summed E-state index contributed by atoms with van der Waals surface area (Å²) in [7, 11) is 0. The molecule has 2 aliphatic rings. The first-order valence-electron chi connectivity index (χ1n) is 10.5. The van der Waals surface area contributed by atoms with Gasteiger partial charge in [0.05, 0.1) is 16.2 Å². The van der Waals surface area contributed by atoms with Gasteiger partial charge >= 0.3 is 5.97 Å². The number of thiocarbonyl (C=S) groups is 1. The minimum Gasteiger partial charge on any atom is -0.508 e. The highest BCUT2D eigenvalue weighted by Gasteiger charge is 2.54.